The molecule has 0 aliphatic rings. The number of nitrogens with zero attached hydrogens (tertiary/aromatic N) is 2. The highest BCUT2D eigenvalue weighted by Crippen LogP contribution is 2.27. The SMILES string of the molecule is CC(C)n1cc(Oc2cccc(F)c2C(N)=S)cn1. The first-order valence-electron chi connectivity index (χ1n) is 5.79. The van der Waals surface area contributed by atoms with Crippen molar-refractivity contribution < 1.29 is 9.13 Å². The normalized spacial score (nSPS) is 10.7. The zero-order valence-corrected chi connectivity index (χ0v) is 11.4. The zero-order chi connectivity index (χ0) is 14.0. The lowest BCUT2D eigenvalue weighted by atomic mass is 10.2. The third-order valence-corrected chi connectivity index (χ3v) is 2.76. The average molecular weight is 279 g/mol. The number of thiocarbonyl (C=S) groups is 1. The molecule has 0 aliphatic heterocycles. The highest BCUT2D eigenvalue weighted by molar-refractivity contribution is 7.80. The Balaban J connectivity index is 2.32. The summed E-state index contributed by atoms with van der Waals surface area (Å²) in [6.45, 7) is 4.00. The van der Waals surface area contributed by atoms with Crippen LogP contribution in [0, 0.1) is 5.82 Å². The van der Waals surface area contributed by atoms with Crippen LogP contribution in [0.15, 0.2) is 30.6 Å². The van der Waals surface area contributed by atoms with E-state index in [1.165, 1.54) is 6.07 Å². The number of hydrogen-bond acceptors (Lipinski definition) is 3. The van der Waals surface area contributed by atoms with E-state index in [4.69, 9.17) is 22.7 Å². The Kier molecular flexibility index (Phi) is 3.80. The van der Waals surface area contributed by atoms with E-state index in [1.54, 1.807) is 29.2 Å². The minimum atomic E-state index is -0.499. The summed E-state index contributed by atoms with van der Waals surface area (Å²) in [4.78, 5) is -0.0376. The minimum Gasteiger partial charge on any atom is -0.453 e. The van der Waals surface area contributed by atoms with Gasteiger partial charge in [-0.05, 0) is 26.0 Å². The highest BCUT2D eigenvalue weighted by atomic mass is 32.1. The Morgan fingerprint density at radius 2 is 2.21 bits per heavy atom. The molecule has 1 aromatic heterocycles. The van der Waals surface area contributed by atoms with Crippen LogP contribution in [0.25, 0.3) is 0 Å². The molecule has 2 N–H and O–H groups in total. The van der Waals surface area contributed by atoms with E-state index in [2.05, 4.69) is 5.10 Å². The molecule has 0 unspecified atom stereocenters. The molecule has 0 bridgehead atoms. The second kappa shape index (κ2) is 5.36. The van der Waals surface area contributed by atoms with Gasteiger partial charge in [0.25, 0.3) is 0 Å². The van der Waals surface area contributed by atoms with Crippen molar-refractivity contribution in [3.63, 3.8) is 0 Å². The van der Waals surface area contributed by atoms with Gasteiger partial charge < -0.3 is 10.5 Å². The van der Waals surface area contributed by atoms with Gasteiger partial charge in [-0.2, -0.15) is 5.10 Å². The maximum atomic E-state index is 13.7. The predicted molar refractivity (Wildman–Crippen MR) is 75.0 cm³/mol. The molecule has 0 fully saturated rings. The lowest BCUT2D eigenvalue weighted by molar-refractivity contribution is 0.470. The Morgan fingerprint density at radius 3 is 2.79 bits per heavy atom. The lowest BCUT2D eigenvalue weighted by Gasteiger charge is -2.09. The molecule has 0 amide bonds. The number of benzene rings is 1. The molecule has 2 rings (SSSR count). The molecule has 0 saturated heterocycles. The van der Waals surface area contributed by atoms with Gasteiger partial charge in [0.05, 0.1) is 18.0 Å². The highest BCUT2D eigenvalue weighted by Gasteiger charge is 2.14. The molecule has 0 atom stereocenters. The number of rotatable bonds is 4. The maximum Gasteiger partial charge on any atom is 0.165 e. The molecule has 0 aliphatic carbocycles. The Bertz CT molecular complexity index is 610. The first-order chi connectivity index (χ1) is 8.99. The summed E-state index contributed by atoms with van der Waals surface area (Å²) in [7, 11) is 0. The standard InChI is InChI=1S/C13H14FN3OS/c1-8(2)17-7-9(6-16-17)18-11-5-3-4-10(14)12(11)13(15)19/h3-8H,1-2H3,(H2,15,19). The van der Waals surface area contributed by atoms with Gasteiger partial charge in [0.15, 0.2) is 5.75 Å². The average Bonchev–Trinajstić information content (AvgIpc) is 2.77. The smallest absolute Gasteiger partial charge is 0.165 e. The third kappa shape index (κ3) is 2.90. The fourth-order valence-corrected chi connectivity index (χ4v) is 1.81. The molecule has 6 heteroatoms. The summed E-state index contributed by atoms with van der Waals surface area (Å²) in [5.74, 6) is 0.300. The molecule has 19 heavy (non-hydrogen) atoms. The van der Waals surface area contributed by atoms with Crippen LogP contribution in [-0.2, 0) is 0 Å². The van der Waals surface area contributed by atoms with Crippen molar-refractivity contribution in [2.75, 3.05) is 0 Å². The van der Waals surface area contributed by atoms with Crippen molar-refractivity contribution in [2.45, 2.75) is 19.9 Å². The summed E-state index contributed by atoms with van der Waals surface area (Å²) < 4.78 is 21.0. The van der Waals surface area contributed by atoms with Crippen LogP contribution in [0.4, 0.5) is 4.39 Å². The fourth-order valence-electron chi connectivity index (χ4n) is 1.61. The molecular formula is C13H14FN3OS. The molecule has 0 spiro atoms. The number of ether oxygens (including phenoxy) is 1. The topological polar surface area (TPSA) is 53.1 Å². The van der Waals surface area contributed by atoms with Crippen molar-refractivity contribution in [2.24, 2.45) is 5.73 Å². The summed E-state index contributed by atoms with van der Waals surface area (Å²) in [5.41, 5.74) is 5.62. The number of nitrogens with two attached hydrogens (primary N) is 1. The van der Waals surface area contributed by atoms with Gasteiger partial charge in [-0.25, -0.2) is 4.39 Å². The molecule has 4 nitrogen and oxygen atoms in total. The molecule has 2 aromatic rings. The van der Waals surface area contributed by atoms with Gasteiger partial charge in [-0.1, -0.05) is 18.3 Å². The van der Waals surface area contributed by atoms with E-state index in [9.17, 15) is 4.39 Å². The second-order valence-corrected chi connectivity index (χ2v) is 4.77. The molecule has 0 radical (unpaired) electrons. The first kappa shape index (κ1) is 13.5. The van der Waals surface area contributed by atoms with E-state index in [-0.39, 0.29) is 22.3 Å². The van der Waals surface area contributed by atoms with E-state index < -0.39 is 5.82 Å². The van der Waals surface area contributed by atoms with Crippen LogP contribution in [-0.4, -0.2) is 14.8 Å². The quantitative estimate of drug-likeness (QED) is 0.874. The lowest BCUT2D eigenvalue weighted by Crippen LogP contribution is -2.13. The summed E-state index contributed by atoms with van der Waals surface area (Å²) >= 11 is 4.84. The van der Waals surface area contributed by atoms with E-state index >= 15 is 0 Å². The molecule has 100 valence electrons. The van der Waals surface area contributed by atoms with E-state index in [0.29, 0.717) is 5.75 Å². The van der Waals surface area contributed by atoms with Crippen molar-refractivity contribution >= 4 is 17.2 Å². The summed E-state index contributed by atoms with van der Waals surface area (Å²) in [6, 6.07) is 4.67. The maximum absolute atomic E-state index is 13.7. The van der Waals surface area contributed by atoms with Crippen LogP contribution < -0.4 is 10.5 Å². The number of hydrogen-bond donors (Lipinski definition) is 1. The van der Waals surface area contributed by atoms with Gasteiger partial charge in [0, 0.05) is 6.04 Å². The number of halogens is 1. The fraction of sp³-hybridized carbons (Fsp3) is 0.231. The second-order valence-electron chi connectivity index (χ2n) is 4.33. The van der Waals surface area contributed by atoms with Crippen molar-refractivity contribution in [3.8, 4) is 11.5 Å². The zero-order valence-electron chi connectivity index (χ0n) is 10.6. The predicted octanol–water partition coefficient (Wildman–Crippen LogP) is 3.03. The van der Waals surface area contributed by atoms with Gasteiger partial charge in [0.1, 0.15) is 16.6 Å². The Labute approximate surface area is 116 Å². The van der Waals surface area contributed by atoms with Gasteiger partial charge in [-0.3, -0.25) is 4.68 Å². The van der Waals surface area contributed by atoms with Gasteiger partial charge in [-0.15, -0.1) is 0 Å². The molecule has 1 aromatic carbocycles. The van der Waals surface area contributed by atoms with E-state index in [1.807, 2.05) is 13.8 Å². The van der Waals surface area contributed by atoms with Crippen LogP contribution in [0.1, 0.15) is 25.5 Å². The van der Waals surface area contributed by atoms with Crippen LogP contribution in [0.3, 0.4) is 0 Å². The minimum absolute atomic E-state index is 0.0376. The Hall–Kier alpha value is -1.95. The summed E-state index contributed by atoms with van der Waals surface area (Å²) in [5, 5.41) is 4.14. The Morgan fingerprint density at radius 1 is 1.47 bits per heavy atom. The first-order valence-corrected chi connectivity index (χ1v) is 6.20. The van der Waals surface area contributed by atoms with Gasteiger partial charge >= 0.3 is 0 Å². The van der Waals surface area contributed by atoms with Crippen molar-refractivity contribution in [1.29, 1.82) is 0 Å². The van der Waals surface area contributed by atoms with Crippen LogP contribution >= 0.6 is 12.2 Å². The van der Waals surface area contributed by atoms with Crippen LogP contribution in [0.5, 0.6) is 11.5 Å². The van der Waals surface area contributed by atoms with Crippen molar-refractivity contribution in [3.05, 3.63) is 42.0 Å². The summed E-state index contributed by atoms with van der Waals surface area (Å²) in [6.07, 6.45) is 3.30. The van der Waals surface area contributed by atoms with Crippen LogP contribution in [0.2, 0.25) is 0 Å². The molecule has 0 saturated carbocycles. The largest absolute Gasteiger partial charge is 0.453 e. The monoisotopic (exact) mass is 279 g/mol. The number of aromatic nitrogens is 2. The molecular weight excluding hydrogens is 265 g/mol. The van der Waals surface area contributed by atoms with Crippen molar-refractivity contribution in [1.82, 2.24) is 9.78 Å². The molecule has 1 heterocycles. The third-order valence-electron chi connectivity index (χ3n) is 2.56. The van der Waals surface area contributed by atoms with E-state index in [0.717, 1.165) is 0 Å². The van der Waals surface area contributed by atoms with Gasteiger partial charge in [0.2, 0.25) is 0 Å².